The van der Waals surface area contributed by atoms with Crippen molar-refractivity contribution in [2.45, 2.75) is 31.7 Å². The lowest BCUT2D eigenvalue weighted by Gasteiger charge is -2.29. The number of Topliss-reactive ketones (excluding diaryl/α,β-unsaturated/α-hetero) is 1. The van der Waals surface area contributed by atoms with Crippen LogP contribution in [0.2, 0.25) is 0 Å². The molecule has 1 aliphatic carbocycles. The molecule has 20 heavy (non-hydrogen) atoms. The van der Waals surface area contributed by atoms with Gasteiger partial charge in [-0.1, -0.05) is 24.6 Å². The van der Waals surface area contributed by atoms with E-state index in [1.807, 2.05) is 42.5 Å². The zero-order valence-corrected chi connectivity index (χ0v) is 11.4. The van der Waals surface area contributed by atoms with Gasteiger partial charge in [-0.05, 0) is 37.1 Å². The Kier molecular flexibility index (Phi) is 3.86. The molecule has 3 rings (SSSR count). The van der Waals surface area contributed by atoms with Gasteiger partial charge in [0.2, 0.25) is 0 Å². The van der Waals surface area contributed by atoms with Gasteiger partial charge in [0.1, 0.15) is 11.5 Å². The standard InChI is InChI=1S/C17H19NO2/c19-15-10-5-4-9-14(15)17(16-11-6-12-20-16)18-13-7-2-1-3-8-13/h1-3,6-8,11-12,14,17-18H,4-5,9-10H2/t14-,17-/m1/s1. The van der Waals surface area contributed by atoms with E-state index < -0.39 is 0 Å². The maximum Gasteiger partial charge on any atom is 0.138 e. The Hall–Kier alpha value is -2.03. The van der Waals surface area contributed by atoms with Crippen LogP contribution in [0.1, 0.15) is 37.5 Å². The van der Waals surface area contributed by atoms with Crippen molar-refractivity contribution in [3.8, 4) is 0 Å². The van der Waals surface area contributed by atoms with Crippen molar-refractivity contribution < 1.29 is 9.21 Å². The molecule has 0 bridgehead atoms. The molecule has 0 aliphatic heterocycles. The van der Waals surface area contributed by atoms with E-state index in [9.17, 15) is 4.79 Å². The molecule has 2 aromatic rings. The number of anilines is 1. The van der Waals surface area contributed by atoms with Crippen LogP contribution in [0.5, 0.6) is 0 Å². The van der Waals surface area contributed by atoms with Gasteiger partial charge in [-0.3, -0.25) is 4.79 Å². The molecular weight excluding hydrogens is 250 g/mol. The maximum absolute atomic E-state index is 12.2. The average Bonchev–Trinajstić information content (AvgIpc) is 3.01. The summed E-state index contributed by atoms with van der Waals surface area (Å²) in [6, 6.07) is 13.8. The van der Waals surface area contributed by atoms with Crippen LogP contribution in [-0.4, -0.2) is 5.78 Å². The zero-order chi connectivity index (χ0) is 13.8. The second-order valence-corrected chi connectivity index (χ2v) is 5.32. The van der Waals surface area contributed by atoms with E-state index in [4.69, 9.17) is 4.42 Å². The molecule has 1 aromatic carbocycles. The summed E-state index contributed by atoms with van der Waals surface area (Å²) in [7, 11) is 0. The summed E-state index contributed by atoms with van der Waals surface area (Å²) >= 11 is 0. The quantitative estimate of drug-likeness (QED) is 0.904. The Morgan fingerprint density at radius 1 is 1.10 bits per heavy atom. The Balaban J connectivity index is 1.86. The van der Waals surface area contributed by atoms with E-state index in [0.29, 0.717) is 12.2 Å². The first-order chi connectivity index (χ1) is 9.84. The van der Waals surface area contributed by atoms with Crippen LogP contribution in [0.3, 0.4) is 0 Å². The fourth-order valence-corrected chi connectivity index (χ4v) is 2.91. The minimum atomic E-state index is -0.0693. The summed E-state index contributed by atoms with van der Waals surface area (Å²) in [5.41, 5.74) is 1.02. The van der Waals surface area contributed by atoms with E-state index in [0.717, 1.165) is 30.7 Å². The Bertz CT molecular complexity index is 548. The highest BCUT2D eigenvalue weighted by atomic mass is 16.3. The van der Waals surface area contributed by atoms with Gasteiger partial charge in [0.25, 0.3) is 0 Å². The van der Waals surface area contributed by atoms with Gasteiger partial charge in [0, 0.05) is 18.0 Å². The molecule has 0 radical (unpaired) electrons. The lowest BCUT2D eigenvalue weighted by molar-refractivity contribution is -0.125. The minimum absolute atomic E-state index is 0.00936. The minimum Gasteiger partial charge on any atom is -0.467 e. The van der Waals surface area contributed by atoms with Crippen molar-refractivity contribution in [1.82, 2.24) is 0 Å². The SMILES string of the molecule is O=C1CCCC[C@H]1[C@@H](Nc1ccccc1)c1ccco1. The number of para-hydroxylation sites is 1. The number of hydrogen-bond acceptors (Lipinski definition) is 3. The lowest BCUT2D eigenvalue weighted by Crippen LogP contribution is -2.30. The lowest BCUT2D eigenvalue weighted by atomic mass is 9.81. The molecule has 0 saturated heterocycles. The molecule has 3 heteroatoms. The third kappa shape index (κ3) is 2.77. The van der Waals surface area contributed by atoms with E-state index in [2.05, 4.69) is 5.32 Å². The van der Waals surface area contributed by atoms with Crippen LogP contribution in [0.15, 0.2) is 53.1 Å². The number of carbonyl (C=O) groups is 1. The van der Waals surface area contributed by atoms with Crippen LogP contribution < -0.4 is 5.32 Å². The fraction of sp³-hybridized carbons (Fsp3) is 0.353. The summed E-state index contributed by atoms with van der Waals surface area (Å²) in [5.74, 6) is 1.20. The van der Waals surface area contributed by atoms with Crippen molar-refractivity contribution >= 4 is 11.5 Å². The number of nitrogens with one attached hydrogen (secondary N) is 1. The van der Waals surface area contributed by atoms with Crippen LogP contribution in [0, 0.1) is 5.92 Å². The number of rotatable bonds is 4. The molecule has 0 spiro atoms. The van der Waals surface area contributed by atoms with Crippen molar-refractivity contribution in [3.63, 3.8) is 0 Å². The predicted octanol–water partition coefficient (Wildman–Crippen LogP) is 4.19. The fourth-order valence-electron chi connectivity index (χ4n) is 2.91. The molecule has 2 atom stereocenters. The second-order valence-electron chi connectivity index (χ2n) is 5.32. The van der Waals surface area contributed by atoms with E-state index >= 15 is 0 Å². The molecule has 1 aromatic heterocycles. The zero-order valence-electron chi connectivity index (χ0n) is 11.4. The Morgan fingerprint density at radius 2 is 1.95 bits per heavy atom. The van der Waals surface area contributed by atoms with Crippen LogP contribution in [-0.2, 0) is 4.79 Å². The van der Waals surface area contributed by atoms with Gasteiger partial charge in [-0.25, -0.2) is 0 Å². The van der Waals surface area contributed by atoms with E-state index in [1.54, 1.807) is 6.26 Å². The molecule has 0 amide bonds. The summed E-state index contributed by atoms with van der Waals surface area (Å²) in [4.78, 5) is 12.2. The number of benzene rings is 1. The van der Waals surface area contributed by atoms with Gasteiger partial charge in [0.05, 0.1) is 12.3 Å². The first-order valence-electron chi connectivity index (χ1n) is 7.22. The Labute approximate surface area is 119 Å². The highest BCUT2D eigenvalue weighted by molar-refractivity contribution is 5.83. The summed E-state index contributed by atoms with van der Waals surface area (Å²) in [6.07, 6.45) is 5.43. The van der Waals surface area contributed by atoms with Crippen molar-refractivity contribution in [3.05, 3.63) is 54.5 Å². The van der Waals surface area contributed by atoms with Crippen LogP contribution in [0.4, 0.5) is 5.69 Å². The highest BCUT2D eigenvalue weighted by Gasteiger charge is 2.32. The van der Waals surface area contributed by atoms with E-state index in [-0.39, 0.29) is 12.0 Å². The van der Waals surface area contributed by atoms with Crippen LogP contribution >= 0.6 is 0 Å². The number of ketones is 1. The summed E-state index contributed by atoms with van der Waals surface area (Å²) in [6.45, 7) is 0. The molecule has 1 heterocycles. The highest BCUT2D eigenvalue weighted by Crippen LogP contribution is 2.34. The summed E-state index contributed by atoms with van der Waals surface area (Å²) < 4.78 is 5.55. The first-order valence-corrected chi connectivity index (χ1v) is 7.22. The molecule has 0 unspecified atom stereocenters. The van der Waals surface area contributed by atoms with Crippen molar-refractivity contribution in [1.29, 1.82) is 0 Å². The van der Waals surface area contributed by atoms with Gasteiger partial charge in [-0.2, -0.15) is 0 Å². The molecular formula is C17H19NO2. The topological polar surface area (TPSA) is 42.2 Å². The number of furan rings is 1. The Morgan fingerprint density at radius 3 is 2.65 bits per heavy atom. The van der Waals surface area contributed by atoms with Gasteiger partial charge in [0.15, 0.2) is 0 Å². The smallest absolute Gasteiger partial charge is 0.138 e. The predicted molar refractivity (Wildman–Crippen MR) is 78.5 cm³/mol. The molecule has 1 saturated carbocycles. The molecule has 104 valence electrons. The first kappa shape index (κ1) is 13.0. The van der Waals surface area contributed by atoms with Gasteiger partial charge < -0.3 is 9.73 Å². The largest absolute Gasteiger partial charge is 0.467 e. The normalized spacial score (nSPS) is 20.6. The monoisotopic (exact) mass is 269 g/mol. The number of hydrogen-bond donors (Lipinski definition) is 1. The maximum atomic E-state index is 12.2. The van der Waals surface area contributed by atoms with Crippen LogP contribution in [0.25, 0.3) is 0 Å². The second kappa shape index (κ2) is 5.95. The molecule has 1 N–H and O–H groups in total. The van der Waals surface area contributed by atoms with Crippen molar-refractivity contribution in [2.24, 2.45) is 5.92 Å². The van der Waals surface area contributed by atoms with Gasteiger partial charge in [-0.15, -0.1) is 0 Å². The molecule has 1 aliphatic rings. The average molecular weight is 269 g/mol. The third-order valence-electron chi connectivity index (χ3n) is 3.95. The third-order valence-corrected chi connectivity index (χ3v) is 3.95. The van der Waals surface area contributed by atoms with E-state index in [1.165, 1.54) is 0 Å². The number of carbonyl (C=O) groups excluding carboxylic acids is 1. The van der Waals surface area contributed by atoms with Gasteiger partial charge >= 0.3 is 0 Å². The summed E-state index contributed by atoms with van der Waals surface area (Å²) in [5, 5.41) is 3.47. The van der Waals surface area contributed by atoms with Crippen molar-refractivity contribution in [2.75, 3.05) is 5.32 Å². The molecule has 1 fully saturated rings. The molecule has 3 nitrogen and oxygen atoms in total.